The molecule has 1 aromatic heterocycles. The third kappa shape index (κ3) is 2.70. The molecule has 1 heterocycles. The standard InChI is InChI=1S/C7H4Br3F2N/c8-2-4-6(10)3(7(11)12)1-5(9)13-4/h1,7H,2H2. The van der Waals surface area contributed by atoms with E-state index in [1.54, 1.807) is 0 Å². The number of alkyl halides is 3. The molecule has 0 aromatic carbocycles. The van der Waals surface area contributed by atoms with Gasteiger partial charge in [-0.1, -0.05) is 15.9 Å². The van der Waals surface area contributed by atoms with E-state index in [2.05, 4.69) is 52.8 Å². The average molecular weight is 380 g/mol. The Morgan fingerprint density at radius 1 is 1.38 bits per heavy atom. The molecule has 0 bridgehead atoms. The molecule has 0 amide bonds. The maximum absolute atomic E-state index is 12.4. The summed E-state index contributed by atoms with van der Waals surface area (Å²) < 4.78 is 25.6. The topological polar surface area (TPSA) is 12.9 Å². The summed E-state index contributed by atoms with van der Waals surface area (Å²) in [5.74, 6) is 0. The lowest BCUT2D eigenvalue weighted by molar-refractivity contribution is 0.150. The third-order valence-electron chi connectivity index (χ3n) is 1.38. The first-order valence-electron chi connectivity index (χ1n) is 3.25. The van der Waals surface area contributed by atoms with Crippen LogP contribution < -0.4 is 0 Å². The van der Waals surface area contributed by atoms with Crippen molar-refractivity contribution in [2.75, 3.05) is 0 Å². The molecule has 0 unspecified atom stereocenters. The molecule has 0 radical (unpaired) electrons. The molecule has 1 nitrogen and oxygen atoms in total. The number of nitrogens with zero attached hydrogens (tertiary/aromatic N) is 1. The third-order valence-corrected chi connectivity index (χ3v) is 3.24. The predicted molar refractivity (Wildman–Crippen MR) is 57.2 cm³/mol. The molecular formula is C7H4Br3F2N. The van der Waals surface area contributed by atoms with Crippen molar-refractivity contribution < 1.29 is 8.78 Å². The van der Waals surface area contributed by atoms with Crippen molar-refractivity contribution in [3.8, 4) is 0 Å². The molecule has 0 saturated carbocycles. The fourth-order valence-electron chi connectivity index (χ4n) is 0.816. The molecule has 0 aliphatic heterocycles. The maximum Gasteiger partial charge on any atom is 0.265 e. The van der Waals surface area contributed by atoms with E-state index < -0.39 is 6.43 Å². The molecular weight excluding hydrogens is 376 g/mol. The van der Waals surface area contributed by atoms with Gasteiger partial charge in [0.1, 0.15) is 4.60 Å². The summed E-state index contributed by atoms with van der Waals surface area (Å²) in [6.45, 7) is 0. The lowest BCUT2D eigenvalue weighted by Gasteiger charge is -2.07. The Kier molecular flexibility index (Phi) is 4.25. The SMILES string of the molecule is FC(F)c1cc(Br)nc(CBr)c1Br. The van der Waals surface area contributed by atoms with Gasteiger partial charge in [-0.15, -0.1) is 0 Å². The van der Waals surface area contributed by atoms with E-state index in [-0.39, 0.29) is 5.56 Å². The first-order valence-corrected chi connectivity index (χ1v) is 5.96. The van der Waals surface area contributed by atoms with Gasteiger partial charge in [-0.25, -0.2) is 13.8 Å². The summed E-state index contributed by atoms with van der Waals surface area (Å²) in [7, 11) is 0. The van der Waals surface area contributed by atoms with Crippen molar-refractivity contribution in [3.05, 3.63) is 26.4 Å². The van der Waals surface area contributed by atoms with Crippen LogP contribution in [0.15, 0.2) is 15.1 Å². The van der Waals surface area contributed by atoms with Crippen molar-refractivity contribution in [1.82, 2.24) is 4.98 Å². The molecule has 1 aromatic rings. The van der Waals surface area contributed by atoms with Crippen molar-refractivity contribution in [2.45, 2.75) is 11.8 Å². The van der Waals surface area contributed by atoms with Gasteiger partial charge in [-0.2, -0.15) is 0 Å². The van der Waals surface area contributed by atoms with Gasteiger partial charge in [-0.3, -0.25) is 0 Å². The molecule has 0 aliphatic rings. The highest BCUT2D eigenvalue weighted by molar-refractivity contribution is 9.11. The second kappa shape index (κ2) is 4.79. The van der Waals surface area contributed by atoms with Gasteiger partial charge in [0, 0.05) is 15.4 Å². The Bertz CT molecular complexity index is 317. The van der Waals surface area contributed by atoms with E-state index in [4.69, 9.17) is 0 Å². The first-order chi connectivity index (χ1) is 6.06. The van der Waals surface area contributed by atoms with E-state index in [9.17, 15) is 8.78 Å². The van der Waals surface area contributed by atoms with Gasteiger partial charge in [-0.05, 0) is 37.9 Å². The van der Waals surface area contributed by atoms with Crippen molar-refractivity contribution in [3.63, 3.8) is 0 Å². The van der Waals surface area contributed by atoms with Gasteiger partial charge in [0.25, 0.3) is 6.43 Å². The van der Waals surface area contributed by atoms with E-state index >= 15 is 0 Å². The number of hydrogen-bond acceptors (Lipinski definition) is 1. The molecule has 0 spiro atoms. The zero-order chi connectivity index (χ0) is 10.0. The monoisotopic (exact) mass is 377 g/mol. The van der Waals surface area contributed by atoms with Crippen LogP contribution in [0.1, 0.15) is 17.7 Å². The summed E-state index contributed by atoms with van der Waals surface area (Å²) in [4.78, 5) is 4.02. The number of aromatic nitrogens is 1. The van der Waals surface area contributed by atoms with Crippen LogP contribution in [0.25, 0.3) is 0 Å². The highest BCUT2D eigenvalue weighted by atomic mass is 79.9. The van der Waals surface area contributed by atoms with Gasteiger partial charge in [0.2, 0.25) is 0 Å². The van der Waals surface area contributed by atoms with Crippen molar-refractivity contribution >= 4 is 47.8 Å². The molecule has 0 atom stereocenters. The number of halogens is 5. The zero-order valence-electron chi connectivity index (χ0n) is 6.20. The second-order valence-corrected chi connectivity index (χ2v) is 4.40. The van der Waals surface area contributed by atoms with Crippen LogP contribution in [0.2, 0.25) is 0 Å². The quantitative estimate of drug-likeness (QED) is 0.547. The first kappa shape index (κ1) is 11.5. The lowest BCUT2D eigenvalue weighted by atomic mass is 10.2. The highest BCUT2D eigenvalue weighted by Crippen LogP contribution is 2.32. The van der Waals surface area contributed by atoms with Crippen LogP contribution in [-0.4, -0.2) is 4.98 Å². The largest absolute Gasteiger partial charge is 0.265 e. The van der Waals surface area contributed by atoms with E-state index in [0.29, 0.717) is 20.1 Å². The minimum Gasteiger partial charge on any atom is -0.244 e. The molecule has 0 saturated heterocycles. The molecule has 0 N–H and O–H groups in total. The number of rotatable bonds is 2. The predicted octanol–water partition coefficient (Wildman–Crippen LogP) is 4.44. The van der Waals surface area contributed by atoms with Gasteiger partial charge >= 0.3 is 0 Å². The van der Waals surface area contributed by atoms with E-state index in [1.165, 1.54) is 6.07 Å². The van der Waals surface area contributed by atoms with E-state index in [1.807, 2.05) is 0 Å². The van der Waals surface area contributed by atoms with Crippen LogP contribution in [0.4, 0.5) is 8.78 Å². The second-order valence-electron chi connectivity index (χ2n) is 2.23. The summed E-state index contributed by atoms with van der Waals surface area (Å²) in [5.41, 5.74) is 0.515. The van der Waals surface area contributed by atoms with Crippen LogP contribution in [0, 0.1) is 0 Å². The minimum atomic E-state index is -2.49. The Morgan fingerprint density at radius 3 is 2.46 bits per heavy atom. The molecule has 0 aliphatic carbocycles. The lowest BCUT2D eigenvalue weighted by Crippen LogP contribution is -1.95. The Balaban J connectivity index is 3.27. The van der Waals surface area contributed by atoms with Crippen LogP contribution in [-0.2, 0) is 5.33 Å². The van der Waals surface area contributed by atoms with Gasteiger partial charge in [0.05, 0.1) is 5.69 Å². The minimum absolute atomic E-state index is 0.0451. The Hall–Kier alpha value is 0.450. The Labute approximate surface area is 99.3 Å². The highest BCUT2D eigenvalue weighted by Gasteiger charge is 2.16. The van der Waals surface area contributed by atoms with Crippen LogP contribution in [0.3, 0.4) is 0 Å². The molecule has 6 heteroatoms. The van der Waals surface area contributed by atoms with Crippen LogP contribution in [0.5, 0.6) is 0 Å². The van der Waals surface area contributed by atoms with Crippen LogP contribution >= 0.6 is 47.8 Å². The summed E-state index contributed by atoms with van der Waals surface area (Å²) >= 11 is 9.32. The fraction of sp³-hybridized carbons (Fsp3) is 0.286. The number of pyridine rings is 1. The molecule has 1 rings (SSSR count). The maximum atomic E-state index is 12.4. The summed E-state index contributed by atoms with van der Waals surface area (Å²) in [5, 5.41) is 0.437. The van der Waals surface area contributed by atoms with Gasteiger partial charge < -0.3 is 0 Å². The average Bonchev–Trinajstić information content (AvgIpc) is 2.08. The molecule has 13 heavy (non-hydrogen) atoms. The van der Waals surface area contributed by atoms with E-state index in [0.717, 1.165) is 0 Å². The Morgan fingerprint density at radius 2 is 2.00 bits per heavy atom. The zero-order valence-corrected chi connectivity index (χ0v) is 11.0. The molecule has 0 fully saturated rings. The molecule has 72 valence electrons. The summed E-state index contributed by atoms with van der Waals surface area (Å²) in [6.07, 6.45) is -2.49. The smallest absolute Gasteiger partial charge is 0.244 e. The fourth-order valence-corrected chi connectivity index (χ4v) is 2.57. The normalized spacial score (nSPS) is 10.9. The number of hydrogen-bond donors (Lipinski definition) is 0. The van der Waals surface area contributed by atoms with Crippen molar-refractivity contribution in [2.24, 2.45) is 0 Å². The summed E-state index contributed by atoms with van der Waals surface area (Å²) in [6, 6.07) is 1.31. The van der Waals surface area contributed by atoms with Crippen molar-refractivity contribution in [1.29, 1.82) is 0 Å². The van der Waals surface area contributed by atoms with Gasteiger partial charge in [0.15, 0.2) is 0 Å².